The molecule has 1 aliphatic heterocycles. The molecule has 0 radical (unpaired) electrons. The van der Waals surface area contributed by atoms with Gasteiger partial charge in [-0.2, -0.15) is 13.2 Å². The van der Waals surface area contributed by atoms with E-state index in [9.17, 15) is 26.7 Å². The molecule has 2 atom stereocenters. The lowest BCUT2D eigenvalue weighted by Gasteiger charge is -2.36. The third-order valence-electron chi connectivity index (χ3n) is 5.00. The number of hydrogen-bond donors (Lipinski definition) is 1. The van der Waals surface area contributed by atoms with Crippen molar-refractivity contribution in [2.24, 2.45) is 10.7 Å². The lowest BCUT2D eigenvalue weighted by molar-refractivity contribution is -0.208. The number of alkyl halides is 3. The lowest BCUT2D eigenvalue weighted by atomic mass is 9.84. The largest absolute Gasteiger partial charge is 0.480 e. The van der Waals surface area contributed by atoms with Crippen LogP contribution in [-0.4, -0.2) is 41.2 Å². The molecule has 1 aromatic carbocycles. The van der Waals surface area contributed by atoms with Gasteiger partial charge in [-0.15, -0.1) is 0 Å². The highest BCUT2D eigenvalue weighted by Crippen LogP contribution is 2.41. The molecule has 2 heterocycles. The second-order valence-corrected chi connectivity index (χ2v) is 7.46. The second-order valence-electron chi connectivity index (χ2n) is 7.46. The fraction of sp³-hybridized carbons (Fsp3) is 0.400. The van der Waals surface area contributed by atoms with Crippen molar-refractivity contribution in [3.8, 4) is 5.88 Å². The summed E-state index contributed by atoms with van der Waals surface area (Å²) in [6.07, 6.45) is -7.15. The summed E-state index contributed by atoms with van der Waals surface area (Å²) < 4.78 is 78.1. The van der Waals surface area contributed by atoms with Crippen LogP contribution >= 0.6 is 0 Å². The van der Waals surface area contributed by atoms with E-state index in [1.165, 1.54) is 27.2 Å². The monoisotopic (exact) mass is 458 g/mol. The Balaban J connectivity index is 1.98. The van der Waals surface area contributed by atoms with Crippen molar-refractivity contribution < 1.29 is 36.2 Å². The van der Waals surface area contributed by atoms with Crippen LogP contribution in [0.1, 0.15) is 40.7 Å². The van der Waals surface area contributed by atoms with E-state index in [0.717, 1.165) is 12.1 Å². The molecule has 0 saturated carbocycles. The highest BCUT2D eigenvalue weighted by Gasteiger charge is 2.50. The first kappa shape index (κ1) is 23.4. The molecule has 12 heteroatoms. The molecule has 2 aromatic rings. The van der Waals surface area contributed by atoms with Crippen LogP contribution in [0, 0.1) is 18.6 Å². The predicted octanol–water partition coefficient (Wildman–Crippen LogP) is 3.38. The number of nitrogens with two attached hydrogens (primary N) is 1. The van der Waals surface area contributed by atoms with Crippen molar-refractivity contribution in [3.63, 3.8) is 0 Å². The first-order valence-electron chi connectivity index (χ1n) is 9.32. The average Bonchev–Trinajstić information content (AvgIpc) is 2.68. The van der Waals surface area contributed by atoms with Crippen LogP contribution < -0.4 is 10.5 Å². The zero-order chi connectivity index (χ0) is 23.8. The van der Waals surface area contributed by atoms with Gasteiger partial charge in [0.25, 0.3) is 6.02 Å². The first-order valence-corrected chi connectivity index (χ1v) is 9.32. The maximum atomic E-state index is 14.6. The summed E-state index contributed by atoms with van der Waals surface area (Å²) in [5.41, 5.74) is 3.32. The third-order valence-corrected chi connectivity index (χ3v) is 5.00. The van der Waals surface area contributed by atoms with Crippen molar-refractivity contribution in [2.75, 3.05) is 7.11 Å². The first-order chi connectivity index (χ1) is 14.8. The van der Waals surface area contributed by atoms with Crippen LogP contribution in [0.5, 0.6) is 5.88 Å². The van der Waals surface area contributed by atoms with Crippen LogP contribution in [0.3, 0.4) is 0 Å². The van der Waals surface area contributed by atoms with E-state index in [0.29, 0.717) is 0 Å². The number of carbonyl (C=O) groups is 1. The van der Waals surface area contributed by atoms with Crippen molar-refractivity contribution in [2.45, 2.75) is 44.5 Å². The van der Waals surface area contributed by atoms with E-state index in [-0.39, 0.29) is 22.8 Å². The van der Waals surface area contributed by atoms with Gasteiger partial charge in [-0.25, -0.2) is 23.7 Å². The quantitative estimate of drug-likeness (QED) is 0.545. The smallest absolute Gasteiger partial charge is 0.425 e. The number of methoxy groups -OCH3 is 1. The number of aromatic nitrogens is 2. The molecule has 2 N–H and O–H groups in total. The molecule has 0 aliphatic carbocycles. The maximum absolute atomic E-state index is 14.6. The number of amidine groups is 1. The summed E-state index contributed by atoms with van der Waals surface area (Å²) in [6.45, 7) is 2.71. The van der Waals surface area contributed by atoms with E-state index in [1.54, 1.807) is 0 Å². The highest BCUT2D eigenvalue weighted by atomic mass is 19.4. The van der Waals surface area contributed by atoms with Gasteiger partial charge in [0.05, 0.1) is 24.5 Å². The second kappa shape index (κ2) is 8.32. The summed E-state index contributed by atoms with van der Waals surface area (Å²) in [5.74, 6) is -3.09. The van der Waals surface area contributed by atoms with Crippen molar-refractivity contribution >= 4 is 11.8 Å². The molecular formula is C20H19F5N4O3. The number of ether oxygens (including phenoxy) is 2. The molecule has 1 aliphatic rings. The predicted molar refractivity (Wildman–Crippen MR) is 102 cm³/mol. The Kier molecular flexibility index (Phi) is 6.07. The van der Waals surface area contributed by atoms with Crippen LogP contribution in [0.25, 0.3) is 0 Å². The number of carbonyl (C=O) groups excluding carboxylic acids is 1. The Labute approximate surface area is 179 Å². The lowest BCUT2D eigenvalue weighted by Crippen LogP contribution is -2.46. The standard InChI is InChI=1S/C20H19F5N4O3/c1-9-17(27-8-15(28-9)31-3)13(30)6-10-4-11(16(22)12(21)5-10)19(2)7-14(20(23,24)25)32-18(26)29-19/h4-5,8,14H,6-7H2,1-3H3,(H2,26,29)/t14-,19-/m0/s1. The van der Waals surface area contributed by atoms with Crippen LogP contribution in [-0.2, 0) is 16.7 Å². The number of aryl methyl sites for hydroxylation is 1. The molecular weight excluding hydrogens is 439 g/mol. The summed E-state index contributed by atoms with van der Waals surface area (Å²) in [6, 6.07) is 1.09. The number of aliphatic imine (C=N–C) groups is 1. The molecule has 1 aromatic heterocycles. The number of hydrogen-bond acceptors (Lipinski definition) is 7. The third kappa shape index (κ3) is 4.63. The molecule has 0 fully saturated rings. The Hall–Kier alpha value is -3.31. The zero-order valence-corrected chi connectivity index (χ0v) is 17.3. The van der Waals surface area contributed by atoms with Gasteiger partial charge in [-0.1, -0.05) is 0 Å². The molecule has 3 rings (SSSR count). The molecule has 172 valence electrons. The SMILES string of the molecule is COc1cnc(C(=O)Cc2cc(F)c(F)c([C@]3(C)C[C@@H](C(F)(F)F)OC(N)=N3)c2)c(C)n1. The summed E-state index contributed by atoms with van der Waals surface area (Å²) in [4.78, 5) is 24.5. The van der Waals surface area contributed by atoms with Gasteiger partial charge in [-0.05, 0) is 31.5 Å². The van der Waals surface area contributed by atoms with Gasteiger partial charge >= 0.3 is 6.18 Å². The van der Waals surface area contributed by atoms with Crippen molar-refractivity contribution in [3.05, 3.63) is 52.5 Å². The van der Waals surface area contributed by atoms with Crippen molar-refractivity contribution in [1.82, 2.24) is 9.97 Å². The van der Waals surface area contributed by atoms with Gasteiger partial charge in [0.15, 0.2) is 23.5 Å². The minimum Gasteiger partial charge on any atom is -0.480 e. The summed E-state index contributed by atoms with van der Waals surface area (Å²) in [7, 11) is 1.38. The average molecular weight is 458 g/mol. The number of benzene rings is 1. The highest BCUT2D eigenvalue weighted by molar-refractivity contribution is 5.96. The number of ketones is 1. The topological polar surface area (TPSA) is 99.7 Å². The molecule has 32 heavy (non-hydrogen) atoms. The number of nitrogens with zero attached hydrogens (tertiary/aromatic N) is 3. The van der Waals surface area contributed by atoms with Gasteiger partial charge in [0.1, 0.15) is 5.69 Å². The number of Topliss-reactive ketones (excluding diaryl/α,β-unsaturated/α-hetero) is 1. The fourth-order valence-electron chi connectivity index (χ4n) is 3.46. The Morgan fingerprint density at radius 3 is 2.62 bits per heavy atom. The molecule has 0 saturated heterocycles. The number of halogens is 5. The molecule has 7 nitrogen and oxygen atoms in total. The summed E-state index contributed by atoms with van der Waals surface area (Å²) >= 11 is 0. The number of rotatable bonds is 5. The van der Waals surface area contributed by atoms with Crippen molar-refractivity contribution in [1.29, 1.82) is 0 Å². The van der Waals surface area contributed by atoms with Crippen LogP contribution in [0.4, 0.5) is 22.0 Å². The molecule has 0 bridgehead atoms. The van der Waals surface area contributed by atoms with Gasteiger partial charge < -0.3 is 15.2 Å². The summed E-state index contributed by atoms with van der Waals surface area (Å²) in [5, 5.41) is 0. The van der Waals surface area contributed by atoms with E-state index < -0.39 is 59.7 Å². The zero-order valence-electron chi connectivity index (χ0n) is 17.3. The van der Waals surface area contributed by atoms with Gasteiger partial charge in [0, 0.05) is 18.4 Å². The Morgan fingerprint density at radius 2 is 2.03 bits per heavy atom. The normalized spacial score (nSPS) is 21.0. The van der Waals surface area contributed by atoms with Gasteiger partial charge in [0.2, 0.25) is 5.88 Å². The fourth-order valence-corrected chi connectivity index (χ4v) is 3.46. The maximum Gasteiger partial charge on any atom is 0.425 e. The van der Waals surface area contributed by atoms with Crippen LogP contribution in [0.2, 0.25) is 0 Å². The van der Waals surface area contributed by atoms with E-state index in [4.69, 9.17) is 10.5 Å². The van der Waals surface area contributed by atoms with Gasteiger partial charge in [-0.3, -0.25) is 4.79 Å². The molecule has 0 unspecified atom stereocenters. The van der Waals surface area contributed by atoms with E-state index >= 15 is 0 Å². The van der Waals surface area contributed by atoms with Crippen LogP contribution in [0.15, 0.2) is 23.3 Å². The molecule has 0 spiro atoms. The van der Waals surface area contributed by atoms with E-state index in [1.807, 2.05) is 0 Å². The minimum absolute atomic E-state index is 0.00578. The Bertz CT molecular complexity index is 1090. The van der Waals surface area contributed by atoms with E-state index in [2.05, 4.69) is 19.7 Å². The molecule has 0 amide bonds. The minimum atomic E-state index is -4.80. The Morgan fingerprint density at radius 1 is 1.34 bits per heavy atom.